The molecule has 0 saturated heterocycles. The van der Waals surface area contributed by atoms with E-state index in [1.807, 2.05) is 60.7 Å². The molecule has 0 amide bonds. The average Bonchev–Trinajstić information content (AvgIpc) is 2.75. The van der Waals surface area contributed by atoms with Crippen molar-refractivity contribution in [2.45, 2.75) is 38.5 Å². The molecule has 0 aliphatic carbocycles. The molecule has 136 valence electrons. The Morgan fingerprint density at radius 1 is 0.607 bits per heavy atom. The van der Waals surface area contributed by atoms with Crippen molar-refractivity contribution in [3.05, 3.63) is 82.9 Å². The lowest BCUT2D eigenvalue weighted by Crippen LogP contribution is -1.92. The summed E-state index contributed by atoms with van der Waals surface area (Å²) in [6.07, 6.45) is 3.94. The Hall–Kier alpha value is -3.72. The molecule has 0 unspecified atom stereocenters. The zero-order chi connectivity index (χ0) is 19.9. The van der Waals surface area contributed by atoms with Gasteiger partial charge in [-0.2, -0.15) is 10.5 Å². The monoisotopic (exact) mass is 362 g/mol. The Balaban J connectivity index is 2.39. The van der Waals surface area contributed by atoms with Gasteiger partial charge in [0.15, 0.2) is 0 Å². The van der Waals surface area contributed by atoms with E-state index in [0.29, 0.717) is 12.8 Å². The van der Waals surface area contributed by atoms with Crippen LogP contribution in [0, 0.1) is 46.3 Å². The summed E-state index contributed by atoms with van der Waals surface area (Å²) < 4.78 is 0. The van der Waals surface area contributed by atoms with Crippen LogP contribution >= 0.6 is 0 Å². The fourth-order valence-corrected chi connectivity index (χ4v) is 2.60. The molecule has 2 aromatic rings. The molecule has 0 radical (unpaired) electrons. The molecule has 0 aliphatic heterocycles. The van der Waals surface area contributed by atoms with E-state index in [1.54, 1.807) is 0 Å². The van der Waals surface area contributed by atoms with Crippen LogP contribution in [-0.2, 0) is 0 Å². The largest absolute Gasteiger partial charge is 0.198 e. The van der Waals surface area contributed by atoms with Crippen LogP contribution in [0.1, 0.15) is 49.7 Å². The third kappa shape index (κ3) is 7.67. The first-order chi connectivity index (χ1) is 13.8. The summed E-state index contributed by atoms with van der Waals surface area (Å²) in [6, 6.07) is 24.1. The number of hydrogen-bond donors (Lipinski definition) is 0. The van der Waals surface area contributed by atoms with Gasteiger partial charge in [0, 0.05) is 35.1 Å². The molecule has 2 rings (SSSR count). The van der Waals surface area contributed by atoms with Crippen molar-refractivity contribution in [2.75, 3.05) is 0 Å². The van der Waals surface area contributed by atoms with E-state index in [2.05, 4.69) is 35.8 Å². The highest BCUT2D eigenvalue weighted by atomic mass is 14.2. The third-order valence-electron chi connectivity index (χ3n) is 4.06. The highest BCUT2D eigenvalue weighted by molar-refractivity contribution is 5.49. The smallest absolute Gasteiger partial charge is 0.0621 e. The van der Waals surface area contributed by atoms with E-state index in [9.17, 15) is 0 Å². The van der Waals surface area contributed by atoms with Crippen LogP contribution in [-0.4, -0.2) is 0 Å². The van der Waals surface area contributed by atoms with Crippen LogP contribution in [0.2, 0.25) is 0 Å². The lowest BCUT2D eigenvalue weighted by atomic mass is 9.97. The van der Waals surface area contributed by atoms with Crippen LogP contribution in [0.4, 0.5) is 0 Å². The molecule has 28 heavy (non-hydrogen) atoms. The molecule has 0 aliphatic rings. The Kier molecular flexibility index (Phi) is 9.27. The number of unbranched alkanes of at least 4 members (excludes halogenated alkanes) is 2. The molecule has 0 saturated carbocycles. The Morgan fingerprint density at radius 3 is 1.36 bits per heavy atom. The van der Waals surface area contributed by atoms with E-state index in [1.165, 1.54) is 0 Å². The molecule has 0 spiro atoms. The molecule has 2 heteroatoms. The second-order valence-corrected chi connectivity index (χ2v) is 6.21. The molecular weight excluding hydrogens is 340 g/mol. The van der Waals surface area contributed by atoms with Gasteiger partial charge >= 0.3 is 0 Å². The zero-order valence-electron chi connectivity index (χ0n) is 15.9. The van der Waals surface area contributed by atoms with Gasteiger partial charge in [-0.3, -0.25) is 0 Å². The van der Waals surface area contributed by atoms with E-state index in [-0.39, 0.29) is 0 Å². The maximum Gasteiger partial charge on any atom is 0.0621 e. The predicted octanol–water partition coefficient (Wildman–Crippen LogP) is 5.77. The van der Waals surface area contributed by atoms with Crippen LogP contribution < -0.4 is 0 Å². The van der Waals surface area contributed by atoms with Crippen molar-refractivity contribution in [3.8, 4) is 35.8 Å². The maximum atomic E-state index is 8.88. The average molecular weight is 362 g/mol. The molecular formula is C26H22N2. The summed E-state index contributed by atoms with van der Waals surface area (Å²) in [5, 5.41) is 17.8. The van der Waals surface area contributed by atoms with E-state index in [4.69, 9.17) is 10.5 Å². The van der Waals surface area contributed by atoms with Crippen LogP contribution in [0.3, 0.4) is 0 Å². The van der Waals surface area contributed by atoms with Gasteiger partial charge in [0.2, 0.25) is 0 Å². The Labute approximate surface area is 168 Å². The van der Waals surface area contributed by atoms with Gasteiger partial charge in [0.1, 0.15) is 0 Å². The minimum atomic E-state index is 0.494. The molecule has 2 aromatic carbocycles. The number of nitriles is 2. The van der Waals surface area contributed by atoms with Gasteiger partial charge in [-0.05, 0) is 49.9 Å². The summed E-state index contributed by atoms with van der Waals surface area (Å²) in [6.45, 7) is 0. The first-order valence-electron chi connectivity index (χ1n) is 9.43. The Morgan fingerprint density at radius 2 is 1.00 bits per heavy atom. The summed E-state index contributed by atoms with van der Waals surface area (Å²) in [5.74, 6) is 13.0. The van der Waals surface area contributed by atoms with Gasteiger partial charge in [0.05, 0.1) is 12.1 Å². The first kappa shape index (κ1) is 20.6. The SMILES string of the molecule is N#CCCC/C(C#Cc1ccccc1)=C(/C#Cc1ccccc1)CCCC#N. The van der Waals surface area contributed by atoms with Gasteiger partial charge in [-0.25, -0.2) is 0 Å². The third-order valence-corrected chi connectivity index (χ3v) is 4.06. The summed E-state index contributed by atoms with van der Waals surface area (Å²) >= 11 is 0. The summed E-state index contributed by atoms with van der Waals surface area (Å²) in [4.78, 5) is 0. The highest BCUT2D eigenvalue weighted by Crippen LogP contribution is 2.18. The molecule has 0 N–H and O–H groups in total. The number of allylic oxidation sites excluding steroid dienone is 2. The van der Waals surface area contributed by atoms with Gasteiger partial charge < -0.3 is 0 Å². The van der Waals surface area contributed by atoms with Crippen molar-refractivity contribution in [1.82, 2.24) is 0 Å². The fraction of sp³-hybridized carbons (Fsp3) is 0.231. The van der Waals surface area contributed by atoms with Crippen molar-refractivity contribution < 1.29 is 0 Å². The normalized spacial score (nSPS) is 10.2. The van der Waals surface area contributed by atoms with Crippen LogP contribution in [0.5, 0.6) is 0 Å². The minimum Gasteiger partial charge on any atom is -0.198 e. The molecule has 0 aromatic heterocycles. The quantitative estimate of drug-likeness (QED) is 0.483. The molecule has 0 bridgehead atoms. The second kappa shape index (κ2) is 12.6. The second-order valence-electron chi connectivity index (χ2n) is 6.21. The van der Waals surface area contributed by atoms with Crippen molar-refractivity contribution in [1.29, 1.82) is 10.5 Å². The lowest BCUT2D eigenvalue weighted by molar-refractivity contribution is 0.818. The number of benzene rings is 2. The molecule has 0 atom stereocenters. The lowest BCUT2D eigenvalue weighted by Gasteiger charge is -2.05. The van der Waals surface area contributed by atoms with Gasteiger partial charge in [-0.1, -0.05) is 60.1 Å². The topological polar surface area (TPSA) is 47.6 Å². The Bertz CT molecular complexity index is 896. The molecule has 0 fully saturated rings. The molecule has 0 heterocycles. The van der Waals surface area contributed by atoms with Crippen molar-refractivity contribution in [2.24, 2.45) is 0 Å². The van der Waals surface area contributed by atoms with Gasteiger partial charge in [-0.15, -0.1) is 0 Å². The van der Waals surface area contributed by atoms with Gasteiger partial charge in [0.25, 0.3) is 0 Å². The fourth-order valence-electron chi connectivity index (χ4n) is 2.60. The van der Waals surface area contributed by atoms with E-state index < -0.39 is 0 Å². The zero-order valence-corrected chi connectivity index (χ0v) is 15.9. The number of rotatable bonds is 6. The minimum absolute atomic E-state index is 0.494. The number of hydrogen-bond acceptors (Lipinski definition) is 2. The van der Waals surface area contributed by atoms with E-state index in [0.717, 1.165) is 48.0 Å². The number of nitrogens with zero attached hydrogens (tertiary/aromatic N) is 2. The van der Waals surface area contributed by atoms with Crippen LogP contribution in [0.25, 0.3) is 0 Å². The summed E-state index contributed by atoms with van der Waals surface area (Å²) in [5.41, 5.74) is 3.85. The van der Waals surface area contributed by atoms with E-state index >= 15 is 0 Å². The standard InChI is InChI=1S/C26H22N2/c27-21-9-7-15-25(19-17-23-11-3-1-4-12-23)26(16-8-10-22-28)20-18-24-13-5-2-6-14-24/h1-6,11-14H,7-10,15-16H2/b26-25-. The van der Waals surface area contributed by atoms with Crippen molar-refractivity contribution in [3.63, 3.8) is 0 Å². The molecule has 2 nitrogen and oxygen atoms in total. The first-order valence-corrected chi connectivity index (χ1v) is 9.43. The highest BCUT2D eigenvalue weighted by Gasteiger charge is 2.04. The summed E-state index contributed by atoms with van der Waals surface area (Å²) in [7, 11) is 0. The van der Waals surface area contributed by atoms with Crippen LogP contribution in [0.15, 0.2) is 71.8 Å². The van der Waals surface area contributed by atoms with Crippen molar-refractivity contribution >= 4 is 0 Å². The predicted molar refractivity (Wildman–Crippen MR) is 113 cm³/mol. The maximum absolute atomic E-state index is 8.88.